The molecule has 0 saturated carbocycles. The second-order valence-corrected chi connectivity index (χ2v) is 22.5. The number of phosphoric ester groups is 1. The molecule has 0 bridgehead atoms. The summed E-state index contributed by atoms with van der Waals surface area (Å²) in [5.74, 6) is -0.567. The van der Waals surface area contributed by atoms with Gasteiger partial charge in [-0.2, -0.15) is 0 Å². The molecule has 0 rings (SSSR count). The van der Waals surface area contributed by atoms with Crippen molar-refractivity contribution in [1.82, 2.24) is 5.32 Å². The molecule has 0 heterocycles. The van der Waals surface area contributed by atoms with E-state index in [0.29, 0.717) is 23.9 Å². The highest BCUT2D eigenvalue weighted by Gasteiger charge is 2.27. The van der Waals surface area contributed by atoms with Crippen molar-refractivity contribution in [1.29, 1.82) is 0 Å². The summed E-state index contributed by atoms with van der Waals surface area (Å²) in [5.41, 5.74) is 0. The number of hydrogen-bond acceptors (Lipinski definition) is 7. The van der Waals surface area contributed by atoms with Gasteiger partial charge in [0, 0.05) is 12.8 Å². The molecule has 0 spiro atoms. The molecule has 1 amide bonds. The fourth-order valence-electron chi connectivity index (χ4n) is 8.35. The quantitative estimate of drug-likeness (QED) is 0.0212. The van der Waals surface area contributed by atoms with Crippen LogP contribution in [0.3, 0.4) is 0 Å². The van der Waals surface area contributed by atoms with Crippen LogP contribution in [0.15, 0.2) is 60.8 Å². The predicted molar refractivity (Wildman–Crippen MR) is 302 cm³/mol. The minimum absolute atomic E-state index is 0.0283. The number of likely N-dealkylation sites (N-methyl/N-ethyl adjacent to an activating group) is 1. The standard InChI is InChI=1S/C61H113N2O7P/c1-7-10-13-16-19-22-25-28-30-31-32-33-34-36-39-42-45-48-51-54-61(65)70-59(52-49-46-43-40-37-27-24-21-18-15-12-9-3)58(57-69-71(66,67)68-56-55-63(4,5)6)62-60(64)53-50-47-44-41-38-35-29-26-23-20-17-14-11-8-2/h11,14,20,23,28-30,35,49,52,58-59H,7-10,12-13,15-19,21-22,24-27,31-34,36-48,50-51,53-57H2,1-6H3,(H-,62,64,66,67)/b14-11+,23-20+,30-28+,35-29+,52-49+. The van der Waals surface area contributed by atoms with Gasteiger partial charge in [0.05, 0.1) is 33.8 Å². The van der Waals surface area contributed by atoms with Crippen LogP contribution < -0.4 is 10.2 Å². The maximum atomic E-state index is 13.5. The van der Waals surface area contributed by atoms with Gasteiger partial charge in [-0.3, -0.25) is 14.2 Å². The Morgan fingerprint density at radius 2 is 0.901 bits per heavy atom. The number of amides is 1. The largest absolute Gasteiger partial charge is 0.756 e. The molecule has 3 atom stereocenters. The molecule has 0 saturated heterocycles. The summed E-state index contributed by atoms with van der Waals surface area (Å²) in [4.78, 5) is 39.9. The Balaban J connectivity index is 5.31. The fourth-order valence-corrected chi connectivity index (χ4v) is 9.08. The van der Waals surface area contributed by atoms with Crippen LogP contribution in [0.1, 0.15) is 265 Å². The van der Waals surface area contributed by atoms with Gasteiger partial charge in [-0.25, -0.2) is 0 Å². The number of carbonyl (C=O) groups is 2. The Hall–Kier alpha value is -2.29. The van der Waals surface area contributed by atoms with E-state index in [2.05, 4.69) is 74.7 Å². The zero-order chi connectivity index (χ0) is 52.2. The maximum absolute atomic E-state index is 13.5. The topological polar surface area (TPSA) is 114 Å². The lowest BCUT2D eigenvalue weighted by atomic mass is 10.0. The van der Waals surface area contributed by atoms with E-state index in [-0.39, 0.29) is 24.9 Å². The number of quaternary nitrogens is 1. The normalized spacial score (nSPS) is 14.2. The van der Waals surface area contributed by atoms with Crippen molar-refractivity contribution in [3.63, 3.8) is 0 Å². The molecule has 3 unspecified atom stereocenters. The predicted octanol–water partition coefficient (Wildman–Crippen LogP) is 17.3. The summed E-state index contributed by atoms with van der Waals surface area (Å²) in [6.07, 6.45) is 63.3. The lowest BCUT2D eigenvalue weighted by Gasteiger charge is -2.30. The van der Waals surface area contributed by atoms with Crippen LogP contribution in [0.4, 0.5) is 0 Å². The van der Waals surface area contributed by atoms with Gasteiger partial charge in [0.2, 0.25) is 5.91 Å². The lowest BCUT2D eigenvalue weighted by Crippen LogP contribution is -2.47. The van der Waals surface area contributed by atoms with E-state index >= 15 is 0 Å². The number of carbonyl (C=O) groups excluding carboxylic acids is 2. The van der Waals surface area contributed by atoms with Gasteiger partial charge in [0.15, 0.2) is 0 Å². The molecular formula is C61H113N2O7P. The lowest BCUT2D eigenvalue weighted by molar-refractivity contribution is -0.870. The Kier molecular flexibility index (Phi) is 49.6. The number of unbranched alkanes of at least 4 members (excludes halogenated alkanes) is 29. The van der Waals surface area contributed by atoms with E-state index in [1.165, 1.54) is 141 Å². The number of phosphoric acid groups is 1. The molecule has 0 aliphatic rings. The molecule has 0 fully saturated rings. The zero-order valence-electron chi connectivity index (χ0n) is 47.2. The van der Waals surface area contributed by atoms with Crippen LogP contribution in [0.2, 0.25) is 0 Å². The molecule has 0 aromatic rings. The van der Waals surface area contributed by atoms with Crippen molar-refractivity contribution in [3.8, 4) is 0 Å². The molecule has 0 radical (unpaired) electrons. The average Bonchev–Trinajstić information content (AvgIpc) is 3.33. The summed E-state index contributed by atoms with van der Waals surface area (Å²) in [6.45, 7) is 6.71. The van der Waals surface area contributed by atoms with E-state index in [0.717, 1.165) is 83.5 Å². The molecule has 10 heteroatoms. The van der Waals surface area contributed by atoms with Gasteiger partial charge < -0.3 is 28.5 Å². The van der Waals surface area contributed by atoms with Crippen molar-refractivity contribution in [2.24, 2.45) is 0 Å². The Labute approximate surface area is 439 Å². The number of hydrogen-bond donors (Lipinski definition) is 1. The molecule has 0 aromatic heterocycles. The van der Waals surface area contributed by atoms with Crippen molar-refractivity contribution in [3.05, 3.63) is 60.8 Å². The third-order valence-corrected chi connectivity index (χ3v) is 13.9. The first-order chi connectivity index (χ1) is 34.4. The maximum Gasteiger partial charge on any atom is 0.306 e. The Morgan fingerprint density at radius 1 is 0.507 bits per heavy atom. The number of nitrogens with zero attached hydrogens (tertiary/aromatic N) is 1. The third kappa shape index (κ3) is 52.4. The summed E-state index contributed by atoms with van der Waals surface area (Å²) in [5, 5.41) is 3.01. The second-order valence-electron chi connectivity index (χ2n) is 21.1. The SMILES string of the molecule is CC/C=C/C/C=C/C/C=C/CCCCCCC(=O)NC(COP(=O)([O-])OCC[N+](C)(C)C)C(/C=C/CCCCCCCCCCCC)OC(=O)CCCCCCCCCCC/C=C/CCCCCCCC. The number of allylic oxidation sites excluding steroid dienone is 9. The summed E-state index contributed by atoms with van der Waals surface area (Å²) in [6, 6.07) is -0.900. The van der Waals surface area contributed by atoms with Crippen LogP contribution in [0.25, 0.3) is 0 Å². The van der Waals surface area contributed by atoms with E-state index in [1.54, 1.807) is 0 Å². The highest BCUT2D eigenvalue weighted by atomic mass is 31.2. The number of rotatable bonds is 53. The smallest absolute Gasteiger partial charge is 0.306 e. The summed E-state index contributed by atoms with van der Waals surface area (Å²) < 4.78 is 30.2. The van der Waals surface area contributed by atoms with Crippen LogP contribution in [0.5, 0.6) is 0 Å². The molecule has 9 nitrogen and oxygen atoms in total. The molecule has 414 valence electrons. The Bertz CT molecular complexity index is 1400. The highest BCUT2D eigenvalue weighted by molar-refractivity contribution is 7.45. The van der Waals surface area contributed by atoms with Gasteiger partial charge in [-0.15, -0.1) is 0 Å². The van der Waals surface area contributed by atoms with E-state index in [1.807, 2.05) is 33.3 Å². The van der Waals surface area contributed by atoms with Crippen molar-refractivity contribution >= 4 is 19.7 Å². The number of esters is 1. The summed E-state index contributed by atoms with van der Waals surface area (Å²) in [7, 11) is 1.17. The van der Waals surface area contributed by atoms with E-state index in [9.17, 15) is 19.0 Å². The molecular weight excluding hydrogens is 904 g/mol. The van der Waals surface area contributed by atoms with Gasteiger partial charge in [0.1, 0.15) is 19.3 Å². The number of ether oxygens (including phenoxy) is 1. The zero-order valence-corrected chi connectivity index (χ0v) is 48.1. The van der Waals surface area contributed by atoms with Crippen LogP contribution >= 0.6 is 7.82 Å². The monoisotopic (exact) mass is 1020 g/mol. The third-order valence-electron chi connectivity index (χ3n) is 12.9. The van der Waals surface area contributed by atoms with E-state index in [4.69, 9.17) is 13.8 Å². The molecule has 1 N–H and O–H groups in total. The van der Waals surface area contributed by atoms with Crippen molar-refractivity contribution in [2.75, 3.05) is 40.9 Å². The minimum atomic E-state index is -4.70. The van der Waals surface area contributed by atoms with Gasteiger partial charge in [0.25, 0.3) is 7.82 Å². The second kappa shape index (κ2) is 51.2. The average molecular weight is 1020 g/mol. The molecule has 71 heavy (non-hydrogen) atoms. The highest BCUT2D eigenvalue weighted by Crippen LogP contribution is 2.38. The first kappa shape index (κ1) is 68.7. The van der Waals surface area contributed by atoms with Gasteiger partial charge >= 0.3 is 5.97 Å². The van der Waals surface area contributed by atoms with Crippen molar-refractivity contribution < 1.29 is 37.3 Å². The molecule has 0 aromatic carbocycles. The first-order valence-electron chi connectivity index (χ1n) is 29.6. The van der Waals surface area contributed by atoms with Gasteiger partial charge in [-0.1, -0.05) is 223 Å². The van der Waals surface area contributed by atoms with E-state index < -0.39 is 26.6 Å². The molecule has 0 aliphatic heterocycles. The summed E-state index contributed by atoms with van der Waals surface area (Å²) >= 11 is 0. The number of nitrogens with one attached hydrogen (secondary N) is 1. The Morgan fingerprint density at radius 3 is 1.37 bits per heavy atom. The minimum Gasteiger partial charge on any atom is -0.756 e. The molecule has 0 aliphatic carbocycles. The van der Waals surface area contributed by atoms with Gasteiger partial charge in [-0.05, 0) is 89.5 Å². The van der Waals surface area contributed by atoms with Crippen LogP contribution in [-0.4, -0.2) is 69.4 Å². The van der Waals surface area contributed by atoms with Crippen LogP contribution in [-0.2, 0) is 27.9 Å². The van der Waals surface area contributed by atoms with Crippen molar-refractivity contribution in [2.45, 2.75) is 277 Å². The van der Waals surface area contributed by atoms with Crippen LogP contribution in [0, 0.1) is 0 Å². The fraction of sp³-hybridized carbons (Fsp3) is 0.803. The first-order valence-corrected chi connectivity index (χ1v) is 31.1.